The second-order valence-corrected chi connectivity index (χ2v) is 9.84. The number of aliphatic hydroxyl groups is 2. The molecule has 3 N–H and O–H groups in total. The topological polar surface area (TPSA) is 130 Å². The normalized spacial score (nSPS) is 12.8. The molecule has 0 saturated carbocycles. The van der Waals surface area contributed by atoms with Gasteiger partial charge in [0.25, 0.3) is 0 Å². The lowest BCUT2D eigenvalue weighted by Crippen LogP contribution is -2.31. The summed E-state index contributed by atoms with van der Waals surface area (Å²) in [7, 11) is 0. The van der Waals surface area contributed by atoms with Gasteiger partial charge in [-0.25, -0.2) is 4.79 Å². The van der Waals surface area contributed by atoms with Crippen LogP contribution in [0.2, 0.25) is 0 Å². The number of hydrogen-bond donors (Lipinski definition) is 3. The monoisotopic (exact) mass is 516 g/mol. The first kappa shape index (κ1) is 34.3. The molecule has 0 rings (SSSR count). The summed E-state index contributed by atoms with van der Waals surface area (Å²) in [6, 6.07) is 0. The molecule has 0 bridgehead atoms. The lowest BCUT2D eigenvalue weighted by atomic mass is 10.0. The van der Waals surface area contributed by atoms with E-state index in [0.29, 0.717) is 0 Å². The average molecular weight is 517 g/mol. The summed E-state index contributed by atoms with van der Waals surface area (Å²) in [4.78, 5) is 33.5. The van der Waals surface area contributed by atoms with Gasteiger partial charge in [0.15, 0.2) is 6.10 Å². The Balaban J connectivity index is 3.39. The number of aliphatic hydroxyl groups excluding tert-OH is 2. The largest absolute Gasteiger partial charge is 0.481 e. The molecule has 8 nitrogen and oxygen atoms in total. The number of rotatable bonds is 26. The SMILES string of the molecule is CCCCCCCCCCCCCCCCCCCCC(=O)OCC(O)COC(=O)[C@@H](O)CC(=O)O. The maximum Gasteiger partial charge on any atom is 0.335 e. The number of ether oxygens (including phenoxy) is 2. The van der Waals surface area contributed by atoms with Crippen LogP contribution in [0.1, 0.15) is 135 Å². The Morgan fingerprint density at radius 2 is 1.00 bits per heavy atom. The van der Waals surface area contributed by atoms with Crippen LogP contribution < -0.4 is 0 Å². The second kappa shape index (κ2) is 25.0. The van der Waals surface area contributed by atoms with Gasteiger partial charge in [-0.15, -0.1) is 0 Å². The average Bonchev–Trinajstić information content (AvgIpc) is 2.84. The Morgan fingerprint density at radius 3 is 1.42 bits per heavy atom. The summed E-state index contributed by atoms with van der Waals surface area (Å²) in [6.45, 7) is 1.46. The lowest BCUT2D eigenvalue weighted by Gasteiger charge is -2.13. The number of carboxylic acid groups (broad SMARTS) is 1. The Bertz CT molecular complexity index is 552. The van der Waals surface area contributed by atoms with Crippen molar-refractivity contribution in [2.75, 3.05) is 13.2 Å². The van der Waals surface area contributed by atoms with Crippen LogP contribution in [0.25, 0.3) is 0 Å². The summed E-state index contributed by atoms with van der Waals surface area (Å²) in [5.74, 6) is -2.89. The maximum atomic E-state index is 11.7. The van der Waals surface area contributed by atoms with Gasteiger partial charge in [-0.1, -0.05) is 116 Å². The Labute approximate surface area is 218 Å². The molecule has 36 heavy (non-hydrogen) atoms. The first-order chi connectivity index (χ1) is 17.4. The molecular weight excluding hydrogens is 464 g/mol. The van der Waals surface area contributed by atoms with Crippen LogP contribution >= 0.6 is 0 Å². The van der Waals surface area contributed by atoms with Crippen LogP contribution in [0.3, 0.4) is 0 Å². The van der Waals surface area contributed by atoms with Gasteiger partial charge in [0.2, 0.25) is 0 Å². The van der Waals surface area contributed by atoms with Crippen molar-refractivity contribution in [1.29, 1.82) is 0 Å². The number of unbranched alkanes of at least 4 members (excludes halogenated alkanes) is 17. The molecule has 0 aliphatic rings. The third-order valence-corrected chi connectivity index (χ3v) is 6.23. The van der Waals surface area contributed by atoms with E-state index in [4.69, 9.17) is 9.84 Å². The molecule has 0 amide bonds. The summed E-state index contributed by atoms with van der Waals surface area (Å²) in [5, 5.41) is 27.5. The molecule has 0 aromatic heterocycles. The standard InChI is InChI=1S/C28H52O8/c1-2-3-4-5-6-7-8-9-10-11-12-13-14-15-16-17-18-19-20-27(33)35-22-24(29)23-36-28(34)25(30)21-26(31)32/h24-25,29-30H,2-23H2,1H3,(H,31,32)/t24?,25-/m0/s1. The van der Waals surface area contributed by atoms with E-state index in [2.05, 4.69) is 11.7 Å². The highest BCUT2D eigenvalue weighted by atomic mass is 16.6. The first-order valence-corrected chi connectivity index (χ1v) is 14.3. The lowest BCUT2D eigenvalue weighted by molar-refractivity contribution is -0.162. The highest BCUT2D eigenvalue weighted by molar-refractivity contribution is 5.80. The fourth-order valence-corrected chi connectivity index (χ4v) is 4.00. The quantitative estimate of drug-likeness (QED) is 0.0985. The molecule has 1 unspecified atom stereocenters. The minimum Gasteiger partial charge on any atom is -0.481 e. The molecule has 0 fully saturated rings. The van der Waals surface area contributed by atoms with Crippen LogP contribution in [0.4, 0.5) is 0 Å². The number of aliphatic carboxylic acids is 1. The zero-order valence-corrected chi connectivity index (χ0v) is 22.6. The maximum absolute atomic E-state index is 11.7. The second-order valence-electron chi connectivity index (χ2n) is 9.84. The van der Waals surface area contributed by atoms with Gasteiger partial charge in [-0.2, -0.15) is 0 Å². The molecule has 212 valence electrons. The zero-order chi connectivity index (χ0) is 26.9. The summed E-state index contributed by atoms with van der Waals surface area (Å²) in [6.07, 6.45) is 19.6. The predicted octanol–water partition coefficient (Wildman–Crippen LogP) is 5.70. The van der Waals surface area contributed by atoms with Crippen LogP contribution in [0.15, 0.2) is 0 Å². The van der Waals surface area contributed by atoms with Crippen LogP contribution in [0.5, 0.6) is 0 Å². The molecule has 0 aliphatic heterocycles. The van der Waals surface area contributed by atoms with Gasteiger partial charge in [0.1, 0.15) is 19.3 Å². The van der Waals surface area contributed by atoms with Crippen molar-refractivity contribution in [3.8, 4) is 0 Å². The fraction of sp³-hybridized carbons (Fsp3) is 0.893. The van der Waals surface area contributed by atoms with Gasteiger partial charge in [0.05, 0.1) is 6.42 Å². The third-order valence-electron chi connectivity index (χ3n) is 6.23. The van der Waals surface area contributed by atoms with E-state index in [1.54, 1.807) is 0 Å². The van der Waals surface area contributed by atoms with E-state index < -0.39 is 43.1 Å². The molecular formula is C28H52O8. The molecule has 0 aliphatic carbocycles. The highest BCUT2D eigenvalue weighted by Gasteiger charge is 2.21. The van der Waals surface area contributed by atoms with Crippen molar-refractivity contribution >= 4 is 17.9 Å². The van der Waals surface area contributed by atoms with Crippen LogP contribution in [-0.4, -0.2) is 58.6 Å². The number of hydrogen-bond acceptors (Lipinski definition) is 7. The highest BCUT2D eigenvalue weighted by Crippen LogP contribution is 2.14. The minimum atomic E-state index is -1.79. The van der Waals surface area contributed by atoms with Gasteiger partial charge < -0.3 is 24.8 Å². The Morgan fingerprint density at radius 1 is 0.611 bits per heavy atom. The molecule has 0 aromatic rings. The zero-order valence-electron chi connectivity index (χ0n) is 22.6. The van der Waals surface area contributed by atoms with Crippen LogP contribution in [0, 0.1) is 0 Å². The number of carbonyl (C=O) groups excluding carboxylic acids is 2. The summed E-state index contributed by atoms with van der Waals surface area (Å²) in [5.41, 5.74) is 0. The molecule has 0 saturated heterocycles. The molecule has 0 aromatic carbocycles. The first-order valence-electron chi connectivity index (χ1n) is 14.3. The molecule has 0 radical (unpaired) electrons. The van der Waals surface area contributed by atoms with Gasteiger partial charge in [-0.3, -0.25) is 9.59 Å². The molecule has 8 heteroatoms. The van der Waals surface area contributed by atoms with Gasteiger partial charge in [-0.05, 0) is 6.42 Å². The van der Waals surface area contributed by atoms with Crippen molar-refractivity contribution < 1.29 is 39.2 Å². The van der Waals surface area contributed by atoms with Crippen molar-refractivity contribution in [1.82, 2.24) is 0 Å². The van der Waals surface area contributed by atoms with Gasteiger partial charge in [0, 0.05) is 6.42 Å². The third kappa shape index (κ3) is 24.0. The number of esters is 2. The smallest absolute Gasteiger partial charge is 0.335 e. The summed E-state index contributed by atoms with van der Waals surface area (Å²) < 4.78 is 9.56. The Hall–Kier alpha value is -1.67. The molecule has 0 spiro atoms. The number of carbonyl (C=O) groups is 3. The predicted molar refractivity (Wildman–Crippen MR) is 140 cm³/mol. The van der Waals surface area contributed by atoms with Crippen molar-refractivity contribution in [2.45, 2.75) is 148 Å². The van der Waals surface area contributed by atoms with E-state index in [0.717, 1.165) is 19.3 Å². The van der Waals surface area contributed by atoms with Crippen LogP contribution in [-0.2, 0) is 23.9 Å². The number of carboxylic acids is 1. The van der Waals surface area contributed by atoms with Crippen molar-refractivity contribution in [3.63, 3.8) is 0 Å². The molecule has 2 atom stereocenters. The van der Waals surface area contributed by atoms with E-state index in [-0.39, 0.29) is 13.0 Å². The van der Waals surface area contributed by atoms with E-state index in [9.17, 15) is 24.6 Å². The minimum absolute atomic E-state index is 0.280. The van der Waals surface area contributed by atoms with E-state index in [1.807, 2.05) is 0 Å². The van der Waals surface area contributed by atoms with Gasteiger partial charge >= 0.3 is 17.9 Å². The fourth-order valence-electron chi connectivity index (χ4n) is 4.00. The van der Waals surface area contributed by atoms with E-state index in [1.165, 1.54) is 96.3 Å². The van der Waals surface area contributed by atoms with Crippen molar-refractivity contribution in [3.05, 3.63) is 0 Å². The Kier molecular flexibility index (Phi) is 23.8. The molecule has 0 heterocycles. The van der Waals surface area contributed by atoms with E-state index >= 15 is 0 Å². The summed E-state index contributed by atoms with van der Waals surface area (Å²) >= 11 is 0. The van der Waals surface area contributed by atoms with Crippen molar-refractivity contribution in [2.24, 2.45) is 0 Å².